The summed E-state index contributed by atoms with van der Waals surface area (Å²) in [5.74, 6) is 0.245. The summed E-state index contributed by atoms with van der Waals surface area (Å²) in [6, 6.07) is 7.39. The van der Waals surface area contributed by atoms with Crippen LogP contribution in [0.4, 0.5) is 0 Å². The highest BCUT2D eigenvalue weighted by molar-refractivity contribution is 6.30. The SMILES string of the molecule is O=C(/C=C/c1ccc(Cl)cc1)N1CCN(CC(=O)N2CCCCC2)CC1. The molecule has 2 amide bonds. The highest BCUT2D eigenvalue weighted by Crippen LogP contribution is 2.12. The molecule has 2 heterocycles. The topological polar surface area (TPSA) is 43.9 Å². The van der Waals surface area contributed by atoms with Crippen molar-refractivity contribution in [3.8, 4) is 0 Å². The van der Waals surface area contributed by atoms with Crippen LogP contribution in [0.25, 0.3) is 6.08 Å². The average Bonchev–Trinajstić information content (AvgIpc) is 2.68. The number of carbonyl (C=O) groups is 2. The molecule has 26 heavy (non-hydrogen) atoms. The summed E-state index contributed by atoms with van der Waals surface area (Å²) in [7, 11) is 0. The lowest BCUT2D eigenvalue weighted by atomic mass is 10.1. The van der Waals surface area contributed by atoms with Gasteiger partial charge in [-0.2, -0.15) is 0 Å². The summed E-state index contributed by atoms with van der Waals surface area (Å²) in [5, 5.41) is 0.684. The Bertz CT molecular complexity index is 646. The van der Waals surface area contributed by atoms with Gasteiger partial charge in [-0.3, -0.25) is 14.5 Å². The third-order valence-corrected chi connectivity index (χ3v) is 5.29. The second-order valence-electron chi connectivity index (χ2n) is 6.93. The summed E-state index contributed by atoms with van der Waals surface area (Å²) in [6.07, 6.45) is 6.89. The zero-order valence-electron chi connectivity index (χ0n) is 15.1. The monoisotopic (exact) mass is 375 g/mol. The standard InChI is InChI=1S/C20H26ClN3O2/c21-18-7-4-17(5-8-18)6-9-19(25)24-14-12-22(13-15-24)16-20(26)23-10-2-1-3-11-23/h4-9H,1-3,10-16H2/b9-6+. The second kappa shape index (κ2) is 9.19. The lowest BCUT2D eigenvalue weighted by molar-refractivity contribution is -0.134. The number of piperazine rings is 1. The van der Waals surface area contributed by atoms with Gasteiger partial charge in [0.1, 0.15) is 0 Å². The minimum Gasteiger partial charge on any atom is -0.342 e. The largest absolute Gasteiger partial charge is 0.342 e. The number of benzene rings is 1. The van der Waals surface area contributed by atoms with Gasteiger partial charge in [0.25, 0.3) is 0 Å². The molecule has 2 aliphatic heterocycles. The maximum absolute atomic E-state index is 12.3. The van der Waals surface area contributed by atoms with Crippen molar-refractivity contribution >= 4 is 29.5 Å². The Balaban J connectivity index is 1.43. The number of hydrogen-bond donors (Lipinski definition) is 0. The Morgan fingerprint density at radius 3 is 2.19 bits per heavy atom. The number of piperidine rings is 1. The van der Waals surface area contributed by atoms with E-state index in [9.17, 15) is 9.59 Å². The molecule has 3 rings (SSSR count). The maximum Gasteiger partial charge on any atom is 0.246 e. The number of rotatable bonds is 4. The number of hydrogen-bond acceptors (Lipinski definition) is 3. The van der Waals surface area contributed by atoms with E-state index in [4.69, 9.17) is 11.6 Å². The summed E-state index contributed by atoms with van der Waals surface area (Å²) in [5.41, 5.74) is 0.952. The van der Waals surface area contributed by atoms with Crippen LogP contribution >= 0.6 is 11.6 Å². The Labute approximate surface area is 160 Å². The highest BCUT2D eigenvalue weighted by Gasteiger charge is 2.23. The number of likely N-dealkylation sites (tertiary alicyclic amines) is 1. The van der Waals surface area contributed by atoms with Crippen molar-refractivity contribution in [2.24, 2.45) is 0 Å². The highest BCUT2D eigenvalue weighted by atomic mass is 35.5. The van der Waals surface area contributed by atoms with Crippen LogP contribution in [-0.4, -0.2) is 72.3 Å². The fourth-order valence-electron chi connectivity index (χ4n) is 3.41. The van der Waals surface area contributed by atoms with E-state index < -0.39 is 0 Å². The molecule has 0 spiro atoms. The van der Waals surface area contributed by atoms with E-state index in [-0.39, 0.29) is 11.8 Å². The Morgan fingerprint density at radius 1 is 0.885 bits per heavy atom. The molecule has 2 saturated heterocycles. The van der Waals surface area contributed by atoms with E-state index >= 15 is 0 Å². The van der Waals surface area contributed by atoms with Crippen LogP contribution in [0.5, 0.6) is 0 Å². The molecule has 0 aromatic heterocycles. The van der Waals surface area contributed by atoms with Crippen LogP contribution in [0.2, 0.25) is 5.02 Å². The summed E-state index contributed by atoms with van der Waals surface area (Å²) >= 11 is 5.86. The average molecular weight is 376 g/mol. The molecule has 1 aromatic rings. The fraction of sp³-hybridized carbons (Fsp3) is 0.500. The van der Waals surface area contributed by atoms with Gasteiger partial charge < -0.3 is 9.80 Å². The van der Waals surface area contributed by atoms with Gasteiger partial charge in [0.2, 0.25) is 11.8 Å². The zero-order chi connectivity index (χ0) is 18.4. The van der Waals surface area contributed by atoms with Crippen molar-refractivity contribution in [1.82, 2.24) is 14.7 Å². The molecular weight excluding hydrogens is 350 g/mol. The van der Waals surface area contributed by atoms with Gasteiger partial charge in [-0.05, 0) is 43.0 Å². The van der Waals surface area contributed by atoms with E-state index in [1.807, 2.05) is 40.1 Å². The van der Waals surface area contributed by atoms with Gasteiger partial charge in [0.05, 0.1) is 6.54 Å². The fourth-order valence-corrected chi connectivity index (χ4v) is 3.53. The second-order valence-corrected chi connectivity index (χ2v) is 7.36. The van der Waals surface area contributed by atoms with Crippen LogP contribution in [0, 0.1) is 0 Å². The molecule has 0 saturated carbocycles. The maximum atomic E-state index is 12.3. The first kappa shape index (κ1) is 18.9. The van der Waals surface area contributed by atoms with E-state index in [2.05, 4.69) is 4.90 Å². The molecular formula is C20H26ClN3O2. The molecule has 0 aliphatic carbocycles. The molecule has 140 valence electrons. The van der Waals surface area contributed by atoms with Gasteiger partial charge in [0, 0.05) is 50.4 Å². The molecule has 2 aliphatic rings. The van der Waals surface area contributed by atoms with Crippen LogP contribution in [0.1, 0.15) is 24.8 Å². The minimum atomic E-state index is 0.0157. The van der Waals surface area contributed by atoms with Gasteiger partial charge in [-0.15, -0.1) is 0 Å². The minimum absolute atomic E-state index is 0.0157. The molecule has 0 bridgehead atoms. The van der Waals surface area contributed by atoms with Gasteiger partial charge in [0.15, 0.2) is 0 Å². The van der Waals surface area contributed by atoms with Gasteiger partial charge in [-0.1, -0.05) is 23.7 Å². The van der Waals surface area contributed by atoms with Gasteiger partial charge >= 0.3 is 0 Å². The number of amides is 2. The van der Waals surface area contributed by atoms with Crippen LogP contribution in [-0.2, 0) is 9.59 Å². The molecule has 0 unspecified atom stereocenters. The quantitative estimate of drug-likeness (QED) is 0.759. The van der Waals surface area contributed by atoms with Crippen molar-refractivity contribution in [3.63, 3.8) is 0 Å². The molecule has 0 N–H and O–H groups in total. The predicted octanol–water partition coefficient (Wildman–Crippen LogP) is 2.51. The number of halogens is 1. The Hall–Kier alpha value is -1.85. The molecule has 0 atom stereocenters. The number of carbonyl (C=O) groups excluding carboxylic acids is 2. The van der Waals surface area contributed by atoms with E-state index in [1.165, 1.54) is 6.42 Å². The van der Waals surface area contributed by atoms with E-state index in [0.717, 1.165) is 44.6 Å². The van der Waals surface area contributed by atoms with Crippen molar-refractivity contribution in [1.29, 1.82) is 0 Å². The van der Waals surface area contributed by atoms with Crippen LogP contribution in [0.15, 0.2) is 30.3 Å². The first-order valence-electron chi connectivity index (χ1n) is 9.34. The van der Waals surface area contributed by atoms with Crippen molar-refractivity contribution in [2.75, 3.05) is 45.8 Å². The molecule has 1 aromatic carbocycles. The van der Waals surface area contributed by atoms with Crippen LogP contribution in [0.3, 0.4) is 0 Å². The van der Waals surface area contributed by atoms with Gasteiger partial charge in [-0.25, -0.2) is 0 Å². The third kappa shape index (κ3) is 5.32. The van der Waals surface area contributed by atoms with E-state index in [1.54, 1.807) is 6.08 Å². The van der Waals surface area contributed by atoms with Crippen molar-refractivity contribution < 1.29 is 9.59 Å². The molecule has 5 nitrogen and oxygen atoms in total. The summed E-state index contributed by atoms with van der Waals surface area (Å²) in [4.78, 5) is 30.7. The third-order valence-electron chi connectivity index (χ3n) is 5.04. The Kier molecular flexibility index (Phi) is 6.69. The van der Waals surface area contributed by atoms with Crippen LogP contribution < -0.4 is 0 Å². The Morgan fingerprint density at radius 2 is 1.54 bits per heavy atom. The lowest BCUT2D eigenvalue weighted by Gasteiger charge is -2.35. The van der Waals surface area contributed by atoms with E-state index in [0.29, 0.717) is 24.7 Å². The first-order chi connectivity index (χ1) is 12.6. The van der Waals surface area contributed by atoms with Crippen molar-refractivity contribution in [2.45, 2.75) is 19.3 Å². The normalized spacial score (nSPS) is 19.1. The smallest absolute Gasteiger partial charge is 0.246 e. The summed E-state index contributed by atoms with van der Waals surface area (Å²) in [6.45, 7) is 5.09. The first-order valence-corrected chi connectivity index (χ1v) is 9.72. The predicted molar refractivity (Wildman–Crippen MR) is 104 cm³/mol. The molecule has 0 radical (unpaired) electrons. The lowest BCUT2D eigenvalue weighted by Crippen LogP contribution is -2.51. The zero-order valence-corrected chi connectivity index (χ0v) is 15.8. The van der Waals surface area contributed by atoms with Crippen molar-refractivity contribution in [3.05, 3.63) is 40.9 Å². The molecule has 2 fully saturated rings. The summed E-state index contributed by atoms with van der Waals surface area (Å²) < 4.78 is 0. The number of nitrogens with zero attached hydrogens (tertiary/aromatic N) is 3. The molecule has 6 heteroatoms.